The lowest BCUT2D eigenvalue weighted by molar-refractivity contribution is 0.102. The molecule has 1 heterocycles. The van der Waals surface area contributed by atoms with E-state index >= 15 is 0 Å². The summed E-state index contributed by atoms with van der Waals surface area (Å²) in [6, 6.07) is 5.26. The molecule has 1 amide bonds. The zero-order valence-electron chi connectivity index (χ0n) is 9.75. The molecule has 4 nitrogen and oxygen atoms in total. The highest BCUT2D eigenvalue weighted by Gasteiger charge is 2.13. The number of anilines is 1. The van der Waals surface area contributed by atoms with Crippen molar-refractivity contribution in [2.75, 3.05) is 5.32 Å². The number of hydrogen-bond acceptors (Lipinski definition) is 3. The largest absolute Gasteiger partial charge is 0.317 e. The minimum Gasteiger partial charge on any atom is -0.317 e. The fourth-order valence-electron chi connectivity index (χ4n) is 1.37. The van der Waals surface area contributed by atoms with Gasteiger partial charge in [-0.1, -0.05) is 45.2 Å². The molecular weight excluding hydrogens is 353 g/mol. The summed E-state index contributed by atoms with van der Waals surface area (Å²) >= 11 is 15.1. The Kier molecular flexibility index (Phi) is 4.39. The molecule has 1 N–H and O–H groups in total. The van der Waals surface area contributed by atoms with Crippen LogP contribution in [0.3, 0.4) is 0 Å². The second-order valence-corrected chi connectivity index (χ2v) is 5.32. The van der Waals surface area contributed by atoms with Crippen LogP contribution in [-0.2, 0) is 0 Å². The number of amides is 1. The lowest BCUT2D eigenvalue weighted by atomic mass is 10.1. The third-order valence-corrected chi connectivity index (χ3v) is 3.85. The highest BCUT2D eigenvalue weighted by molar-refractivity contribution is 9.10. The maximum Gasteiger partial charge on any atom is 0.255 e. The summed E-state index contributed by atoms with van der Waals surface area (Å²) in [5, 5.41) is 2.79. The molecule has 0 aliphatic carbocycles. The number of hydrogen-bond donors (Lipinski definition) is 1. The van der Waals surface area contributed by atoms with Gasteiger partial charge in [-0.15, -0.1) is 0 Å². The summed E-state index contributed by atoms with van der Waals surface area (Å²) in [5.41, 5.74) is 1.72. The van der Waals surface area contributed by atoms with Gasteiger partial charge in [0, 0.05) is 10.0 Å². The van der Waals surface area contributed by atoms with Gasteiger partial charge in [0.05, 0.1) is 0 Å². The standard InChI is InChI=1S/C12H8BrCl2N3O/c1-6-2-3-7(4-8(6)13)12(19)18-9-10(14)16-5-17-11(9)15/h2-5H,1H3,(H,18,19). The van der Waals surface area contributed by atoms with E-state index in [4.69, 9.17) is 23.2 Å². The lowest BCUT2D eigenvalue weighted by Crippen LogP contribution is -2.13. The molecule has 0 aliphatic rings. The molecule has 19 heavy (non-hydrogen) atoms. The molecule has 7 heteroatoms. The third-order valence-electron chi connectivity index (χ3n) is 2.43. The predicted octanol–water partition coefficient (Wildman–Crippen LogP) is 4.11. The molecule has 0 unspecified atom stereocenters. The Balaban J connectivity index is 2.28. The Morgan fingerprint density at radius 2 is 1.89 bits per heavy atom. The molecule has 0 aliphatic heterocycles. The predicted molar refractivity (Wildman–Crippen MR) is 78.9 cm³/mol. The van der Waals surface area contributed by atoms with Crippen LogP contribution in [0.15, 0.2) is 29.0 Å². The van der Waals surface area contributed by atoms with E-state index in [0.29, 0.717) is 5.56 Å². The van der Waals surface area contributed by atoms with E-state index in [1.807, 2.05) is 13.0 Å². The van der Waals surface area contributed by atoms with Gasteiger partial charge in [-0.05, 0) is 24.6 Å². The normalized spacial score (nSPS) is 10.3. The molecule has 0 atom stereocenters. The van der Waals surface area contributed by atoms with Gasteiger partial charge in [-0.3, -0.25) is 4.79 Å². The van der Waals surface area contributed by atoms with Gasteiger partial charge < -0.3 is 5.32 Å². The maximum atomic E-state index is 12.1. The average Bonchev–Trinajstić information content (AvgIpc) is 2.37. The van der Waals surface area contributed by atoms with Crippen molar-refractivity contribution in [3.05, 3.63) is 50.4 Å². The van der Waals surface area contributed by atoms with Gasteiger partial charge in [0.25, 0.3) is 5.91 Å². The number of carbonyl (C=O) groups excluding carboxylic acids is 1. The van der Waals surface area contributed by atoms with Crippen LogP contribution in [0.2, 0.25) is 10.3 Å². The quantitative estimate of drug-likeness (QED) is 0.820. The van der Waals surface area contributed by atoms with Crippen molar-refractivity contribution in [3.63, 3.8) is 0 Å². The summed E-state index contributed by atoms with van der Waals surface area (Å²) in [6.07, 6.45) is 1.22. The van der Waals surface area contributed by atoms with Gasteiger partial charge in [-0.2, -0.15) is 0 Å². The average molecular weight is 361 g/mol. The van der Waals surface area contributed by atoms with E-state index in [0.717, 1.165) is 10.0 Å². The highest BCUT2D eigenvalue weighted by Crippen LogP contribution is 2.26. The van der Waals surface area contributed by atoms with Gasteiger partial charge in [0.2, 0.25) is 0 Å². The van der Waals surface area contributed by atoms with Gasteiger partial charge in [0.15, 0.2) is 10.3 Å². The summed E-state index contributed by atoms with van der Waals surface area (Å²) in [6.45, 7) is 1.94. The molecule has 0 saturated carbocycles. The first kappa shape index (κ1) is 14.2. The lowest BCUT2D eigenvalue weighted by Gasteiger charge is -2.08. The van der Waals surface area contributed by atoms with Gasteiger partial charge in [-0.25, -0.2) is 9.97 Å². The van der Waals surface area contributed by atoms with Crippen LogP contribution in [0.4, 0.5) is 5.69 Å². The van der Waals surface area contributed by atoms with Crippen molar-refractivity contribution < 1.29 is 4.79 Å². The molecule has 0 saturated heterocycles. The second kappa shape index (κ2) is 5.86. The Bertz CT molecular complexity index is 629. The van der Waals surface area contributed by atoms with Crippen molar-refractivity contribution in [2.45, 2.75) is 6.92 Å². The zero-order chi connectivity index (χ0) is 14.0. The van der Waals surface area contributed by atoms with E-state index < -0.39 is 0 Å². The molecular formula is C12H8BrCl2N3O. The van der Waals surface area contributed by atoms with Crippen LogP contribution in [0.1, 0.15) is 15.9 Å². The van der Waals surface area contributed by atoms with Crippen molar-refractivity contribution in [2.24, 2.45) is 0 Å². The number of nitrogens with zero attached hydrogens (tertiary/aromatic N) is 2. The molecule has 98 valence electrons. The Labute approximate surface area is 128 Å². The van der Waals surface area contributed by atoms with Crippen molar-refractivity contribution in [1.82, 2.24) is 9.97 Å². The number of benzene rings is 1. The van der Waals surface area contributed by atoms with Crippen molar-refractivity contribution in [3.8, 4) is 0 Å². The number of nitrogens with one attached hydrogen (secondary N) is 1. The number of carbonyl (C=O) groups is 1. The van der Waals surface area contributed by atoms with Crippen LogP contribution in [0, 0.1) is 6.92 Å². The molecule has 0 radical (unpaired) electrons. The summed E-state index contributed by atoms with van der Waals surface area (Å²) in [5.74, 6) is -0.334. The summed E-state index contributed by atoms with van der Waals surface area (Å²) < 4.78 is 0.849. The molecule has 0 fully saturated rings. The first-order valence-corrected chi connectivity index (χ1v) is 6.77. The summed E-state index contributed by atoms with van der Waals surface area (Å²) in [4.78, 5) is 19.6. The molecule has 1 aromatic heterocycles. The van der Waals surface area contributed by atoms with E-state index in [1.165, 1.54) is 6.33 Å². The smallest absolute Gasteiger partial charge is 0.255 e. The number of aryl methyl sites for hydroxylation is 1. The molecule has 2 rings (SSSR count). The fraction of sp³-hybridized carbons (Fsp3) is 0.0833. The molecule has 2 aromatic rings. The van der Waals surface area contributed by atoms with Crippen molar-refractivity contribution >= 4 is 50.7 Å². The molecule has 1 aromatic carbocycles. The number of halogens is 3. The second-order valence-electron chi connectivity index (χ2n) is 3.75. The van der Waals surface area contributed by atoms with Crippen LogP contribution < -0.4 is 5.32 Å². The van der Waals surface area contributed by atoms with E-state index in [2.05, 4.69) is 31.2 Å². The first-order valence-electron chi connectivity index (χ1n) is 5.22. The monoisotopic (exact) mass is 359 g/mol. The van der Waals surface area contributed by atoms with E-state index in [1.54, 1.807) is 12.1 Å². The Morgan fingerprint density at radius 3 is 2.47 bits per heavy atom. The number of rotatable bonds is 2. The van der Waals surface area contributed by atoms with Crippen LogP contribution in [-0.4, -0.2) is 15.9 Å². The highest BCUT2D eigenvalue weighted by atomic mass is 79.9. The number of aromatic nitrogens is 2. The minimum absolute atomic E-state index is 0.0968. The molecule has 0 spiro atoms. The van der Waals surface area contributed by atoms with E-state index in [-0.39, 0.29) is 21.9 Å². The van der Waals surface area contributed by atoms with Crippen LogP contribution in [0.5, 0.6) is 0 Å². The van der Waals surface area contributed by atoms with Crippen LogP contribution in [0.25, 0.3) is 0 Å². The topological polar surface area (TPSA) is 54.9 Å². The zero-order valence-corrected chi connectivity index (χ0v) is 12.8. The Morgan fingerprint density at radius 1 is 1.26 bits per heavy atom. The van der Waals surface area contributed by atoms with Crippen molar-refractivity contribution in [1.29, 1.82) is 0 Å². The SMILES string of the molecule is Cc1ccc(C(=O)Nc2c(Cl)ncnc2Cl)cc1Br. The summed E-state index contributed by atoms with van der Waals surface area (Å²) in [7, 11) is 0. The van der Waals surface area contributed by atoms with Gasteiger partial charge in [0.1, 0.15) is 12.0 Å². The molecule has 0 bridgehead atoms. The minimum atomic E-state index is -0.334. The van der Waals surface area contributed by atoms with Gasteiger partial charge >= 0.3 is 0 Å². The van der Waals surface area contributed by atoms with Crippen LogP contribution >= 0.6 is 39.1 Å². The Hall–Kier alpha value is -1.17. The van der Waals surface area contributed by atoms with E-state index in [9.17, 15) is 4.79 Å². The fourth-order valence-corrected chi connectivity index (χ4v) is 2.16. The first-order chi connectivity index (χ1) is 8.99. The third kappa shape index (κ3) is 3.23. The maximum absolute atomic E-state index is 12.1.